The molecule has 1 heterocycles. The number of phenolic OH excluding ortho intramolecular Hbond substituents is 1. The van der Waals surface area contributed by atoms with Crippen molar-refractivity contribution in [1.82, 2.24) is 5.32 Å². The van der Waals surface area contributed by atoms with Gasteiger partial charge in [0.15, 0.2) is 0 Å². The highest BCUT2D eigenvalue weighted by atomic mass is 35.5. The smallest absolute Gasteiger partial charge is 0.233 e. The minimum absolute atomic E-state index is 0. The number of ether oxygens (including phenoxy) is 1. The topological polar surface area (TPSA) is 70.6 Å². The number of anilines is 1. The van der Waals surface area contributed by atoms with Gasteiger partial charge in [0.25, 0.3) is 0 Å². The van der Waals surface area contributed by atoms with Crippen molar-refractivity contribution in [2.75, 3.05) is 32.1 Å². The number of phenols is 1. The summed E-state index contributed by atoms with van der Waals surface area (Å²) in [6, 6.07) is 6.75. The minimum Gasteiger partial charge on any atom is -0.506 e. The minimum atomic E-state index is -0.512. The molecule has 0 aliphatic carbocycles. The number of carbonyl (C=O) groups is 1. The van der Waals surface area contributed by atoms with Crippen molar-refractivity contribution in [3.8, 4) is 5.75 Å². The van der Waals surface area contributed by atoms with E-state index < -0.39 is 5.41 Å². The van der Waals surface area contributed by atoms with Crippen molar-refractivity contribution in [2.24, 2.45) is 5.41 Å². The van der Waals surface area contributed by atoms with Gasteiger partial charge in [-0.2, -0.15) is 0 Å². The maximum absolute atomic E-state index is 12.5. The molecule has 20 heavy (non-hydrogen) atoms. The van der Waals surface area contributed by atoms with Crippen molar-refractivity contribution in [3.05, 3.63) is 24.3 Å². The molecule has 0 bridgehead atoms. The van der Waals surface area contributed by atoms with Crippen LogP contribution in [0.15, 0.2) is 24.3 Å². The van der Waals surface area contributed by atoms with E-state index in [4.69, 9.17) is 4.74 Å². The van der Waals surface area contributed by atoms with Crippen LogP contribution in [-0.2, 0) is 9.53 Å². The van der Waals surface area contributed by atoms with E-state index in [1.54, 1.807) is 31.4 Å². The number of halogens is 1. The van der Waals surface area contributed by atoms with E-state index in [-0.39, 0.29) is 24.1 Å². The van der Waals surface area contributed by atoms with Crippen LogP contribution in [-0.4, -0.2) is 37.8 Å². The van der Waals surface area contributed by atoms with E-state index in [9.17, 15) is 9.90 Å². The molecule has 1 fully saturated rings. The molecule has 0 saturated carbocycles. The zero-order chi connectivity index (χ0) is 13.7. The third-order valence-corrected chi connectivity index (χ3v) is 3.62. The van der Waals surface area contributed by atoms with Crippen molar-refractivity contribution >= 4 is 24.0 Å². The first kappa shape index (κ1) is 16.8. The monoisotopic (exact) mass is 300 g/mol. The molecular weight excluding hydrogens is 280 g/mol. The van der Waals surface area contributed by atoms with Crippen LogP contribution in [0.5, 0.6) is 5.75 Å². The highest BCUT2D eigenvalue weighted by molar-refractivity contribution is 5.96. The van der Waals surface area contributed by atoms with Gasteiger partial charge in [0.1, 0.15) is 5.75 Å². The van der Waals surface area contributed by atoms with Crippen LogP contribution in [0.1, 0.15) is 12.8 Å². The van der Waals surface area contributed by atoms with Gasteiger partial charge < -0.3 is 20.5 Å². The number of rotatable bonds is 4. The van der Waals surface area contributed by atoms with E-state index >= 15 is 0 Å². The second-order valence-corrected chi connectivity index (χ2v) is 4.93. The van der Waals surface area contributed by atoms with Crippen molar-refractivity contribution < 1.29 is 14.6 Å². The van der Waals surface area contributed by atoms with Crippen molar-refractivity contribution in [2.45, 2.75) is 12.8 Å². The molecule has 0 unspecified atom stereocenters. The second-order valence-electron chi connectivity index (χ2n) is 4.93. The first-order valence-electron chi connectivity index (χ1n) is 6.47. The summed E-state index contributed by atoms with van der Waals surface area (Å²) in [5.41, 5.74) is -0.0658. The molecule has 0 atom stereocenters. The number of para-hydroxylation sites is 2. The Kier molecular flexibility index (Phi) is 6.26. The van der Waals surface area contributed by atoms with Gasteiger partial charge in [-0.25, -0.2) is 0 Å². The molecule has 6 heteroatoms. The Bertz CT molecular complexity index is 442. The second kappa shape index (κ2) is 7.47. The fourth-order valence-electron chi connectivity index (χ4n) is 2.45. The molecule has 1 aliphatic heterocycles. The maximum atomic E-state index is 12.5. The van der Waals surface area contributed by atoms with Gasteiger partial charge in [0, 0.05) is 7.11 Å². The Morgan fingerprint density at radius 2 is 2.05 bits per heavy atom. The summed E-state index contributed by atoms with van der Waals surface area (Å²) < 4.78 is 5.22. The van der Waals surface area contributed by atoms with E-state index in [0.717, 1.165) is 25.9 Å². The number of methoxy groups -OCH3 is 1. The average Bonchev–Trinajstić information content (AvgIpc) is 2.42. The average molecular weight is 301 g/mol. The molecular formula is C14H21ClN2O3. The molecule has 1 aliphatic rings. The lowest BCUT2D eigenvalue weighted by molar-refractivity contribution is -0.130. The standard InChI is InChI=1S/C14H20N2O3.ClH/c1-19-10-14(6-8-15-9-7-14)13(18)16-11-4-2-3-5-12(11)17;/h2-5,15,17H,6-10H2,1H3,(H,16,18);1H. The number of amides is 1. The number of hydrogen-bond donors (Lipinski definition) is 3. The molecule has 5 nitrogen and oxygen atoms in total. The lowest BCUT2D eigenvalue weighted by Crippen LogP contribution is -2.47. The SMILES string of the molecule is COCC1(C(=O)Nc2ccccc2O)CCNCC1.Cl. The third-order valence-electron chi connectivity index (χ3n) is 3.62. The molecule has 2 rings (SSSR count). The van der Waals surface area contributed by atoms with Crippen molar-refractivity contribution in [1.29, 1.82) is 0 Å². The lowest BCUT2D eigenvalue weighted by Gasteiger charge is -2.35. The summed E-state index contributed by atoms with van der Waals surface area (Å²) in [6.07, 6.45) is 1.47. The molecule has 112 valence electrons. The Morgan fingerprint density at radius 3 is 2.65 bits per heavy atom. The Balaban J connectivity index is 0.00000200. The van der Waals surface area contributed by atoms with Crippen LogP contribution < -0.4 is 10.6 Å². The lowest BCUT2D eigenvalue weighted by atomic mass is 9.78. The summed E-state index contributed by atoms with van der Waals surface area (Å²) in [5, 5.41) is 15.8. The van der Waals surface area contributed by atoms with E-state index in [1.165, 1.54) is 0 Å². The molecule has 1 amide bonds. The van der Waals surface area contributed by atoms with Gasteiger partial charge in [0.05, 0.1) is 17.7 Å². The number of carbonyl (C=O) groups excluding carboxylic acids is 1. The molecule has 1 saturated heterocycles. The predicted molar refractivity (Wildman–Crippen MR) is 80.4 cm³/mol. The van der Waals surface area contributed by atoms with Gasteiger partial charge in [-0.1, -0.05) is 12.1 Å². The number of nitrogens with one attached hydrogen (secondary N) is 2. The fraction of sp³-hybridized carbons (Fsp3) is 0.500. The Morgan fingerprint density at radius 1 is 1.40 bits per heavy atom. The molecule has 1 aromatic rings. The van der Waals surface area contributed by atoms with Crippen LogP contribution >= 0.6 is 12.4 Å². The maximum Gasteiger partial charge on any atom is 0.233 e. The number of benzene rings is 1. The highest BCUT2D eigenvalue weighted by Crippen LogP contribution is 2.32. The van der Waals surface area contributed by atoms with Crippen LogP contribution in [0.25, 0.3) is 0 Å². The summed E-state index contributed by atoms with van der Waals surface area (Å²) >= 11 is 0. The summed E-state index contributed by atoms with van der Waals surface area (Å²) in [7, 11) is 1.61. The third kappa shape index (κ3) is 3.62. The molecule has 0 radical (unpaired) electrons. The van der Waals surface area contributed by atoms with Crippen LogP contribution in [0.2, 0.25) is 0 Å². The summed E-state index contributed by atoms with van der Waals surface area (Å²) in [5.74, 6) is -0.00491. The molecule has 0 aromatic heterocycles. The highest BCUT2D eigenvalue weighted by Gasteiger charge is 2.39. The number of aromatic hydroxyl groups is 1. The van der Waals surface area contributed by atoms with Gasteiger partial charge >= 0.3 is 0 Å². The normalized spacial score (nSPS) is 17.1. The van der Waals surface area contributed by atoms with Crippen LogP contribution in [0, 0.1) is 5.41 Å². The van der Waals surface area contributed by atoms with E-state index in [1.807, 2.05) is 0 Å². The fourth-order valence-corrected chi connectivity index (χ4v) is 2.45. The van der Waals surface area contributed by atoms with Gasteiger partial charge in [-0.3, -0.25) is 4.79 Å². The zero-order valence-corrected chi connectivity index (χ0v) is 12.3. The Labute approximate surface area is 125 Å². The van der Waals surface area contributed by atoms with Crippen LogP contribution in [0.3, 0.4) is 0 Å². The molecule has 1 aromatic carbocycles. The van der Waals surface area contributed by atoms with E-state index in [0.29, 0.717) is 12.3 Å². The van der Waals surface area contributed by atoms with Gasteiger partial charge in [-0.15, -0.1) is 12.4 Å². The summed E-state index contributed by atoms with van der Waals surface area (Å²) in [4.78, 5) is 12.5. The predicted octanol–water partition coefficient (Wildman–Crippen LogP) is 1.77. The quantitative estimate of drug-likeness (QED) is 0.741. The van der Waals surface area contributed by atoms with Gasteiger partial charge in [0.2, 0.25) is 5.91 Å². The first-order chi connectivity index (χ1) is 9.18. The number of hydrogen-bond acceptors (Lipinski definition) is 4. The molecule has 0 spiro atoms. The Hall–Kier alpha value is -1.30. The van der Waals surface area contributed by atoms with Crippen molar-refractivity contribution in [3.63, 3.8) is 0 Å². The van der Waals surface area contributed by atoms with Crippen LogP contribution in [0.4, 0.5) is 5.69 Å². The number of piperidine rings is 1. The zero-order valence-electron chi connectivity index (χ0n) is 11.5. The molecule has 3 N–H and O–H groups in total. The summed E-state index contributed by atoms with van der Waals surface area (Å²) in [6.45, 7) is 2.00. The van der Waals surface area contributed by atoms with Gasteiger partial charge in [-0.05, 0) is 38.1 Å². The first-order valence-corrected chi connectivity index (χ1v) is 6.47. The largest absolute Gasteiger partial charge is 0.506 e. The van der Waals surface area contributed by atoms with E-state index in [2.05, 4.69) is 10.6 Å².